The van der Waals surface area contributed by atoms with Gasteiger partial charge < -0.3 is 15.7 Å². The normalized spacial score (nSPS) is 12.2. The summed E-state index contributed by atoms with van der Waals surface area (Å²) in [7, 11) is 3.79. The number of pyridine rings is 1. The number of nitrogens with two attached hydrogens (primary N) is 1. The maximum Gasteiger partial charge on any atom is 0.320 e. The summed E-state index contributed by atoms with van der Waals surface area (Å²) in [5.41, 5.74) is 7.26. The second kappa shape index (κ2) is 4.75. The summed E-state index contributed by atoms with van der Waals surface area (Å²) in [6, 6.07) is 0.956. The Morgan fingerprint density at radius 1 is 1.67 bits per heavy atom. The van der Waals surface area contributed by atoms with Crippen molar-refractivity contribution >= 4 is 11.7 Å². The molecular weight excluding hydrogens is 194 g/mol. The molecule has 5 nitrogen and oxygen atoms in total. The van der Waals surface area contributed by atoms with Gasteiger partial charge in [0.25, 0.3) is 0 Å². The minimum Gasteiger partial charge on any atom is -0.480 e. The minimum absolute atomic E-state index is 0.288. The Balaban J connectivity index is 2.89. The first kappa shape index (κ1) is 11.5. The lowest BCUT2D eigenvalue weighted by Crippen LogP contribution is -2.32. The number of aromatic nitrogens is 1. The van der Waals surface area contributed by atoms with Crippen LogP contribution in [0.25, 0.3) is 0 Å². The molecule has 0 bridgehead atoms. The maximum atomic E-state index is 10.6. The van der Waals surface area contributed by atoms with Crippen LogP contribution in [0, 0.1) is 0 Å². The molecule has 0 aliphatic rings. The molecule has 1 aromatic heterocycles. The number of carboxylic acid groups (broad SMARTS) is 1. The number of aliphatic carboxylic acids is 1. The number of anilines is 1. The Labute approximate surface area is 88.5 Å². The molecule has 3 N–H and O–H groups in total. The van der Waals surface area contributed by atoms with E-state index in [0.717, 1.165) is 11.3 Å². The van der Waals surface area contributed by atoms with E-state index in [4.69, 9.17) is 10.8 Å². The molecule has 1 rings (SSSR count). The maximum absolute atomic E-state index is 10.6. The number of hydrogen-bond donors (Lipinski definition) is 2. The molecule has 1 heterocycles. The van der Waals surface area contributed by atoms with E-state index in [-0.39, 0.29) is 6.42 Å². The van der Waals surface area contributed by atoms with Gasteiger partial charge in [-0.05, 0) is 11.6 Å². The fraction of sp³-hybridized carbons (Fsp3) is 0.400. The van der Waals surface area contributed by atoms with Crippen LogP contribution in [0.4, 0.5) is 5.69 Å². The molecular formula is C10H15N3O2. The van der Waals surface area contributed by atoms with E-state index < -0.39 is 12.0 Å². The summed E-state index contributed by atoms with van der Waals surface area (Å²) in [5.74, 6) is -0.997. The number of hydrogen-bond acceptors (Lipinski definition) is 4. The average molecular weight is 209 g/mol. The van der Waals surface area contributed by atoms with Crippen LogP contribution in [0.3, 0.4) is 0 Å². The van der Waals surface area contributed by atoms with Crippen LogP contribution in [0.2, 0.25) is 0 Å². The molecule has 1 aromatic rings. The standard InChI is InChI=1S/C10H15N3O2/c1-13(2)9-3-4-12-6-7(9)5-8(11)10(14)15/h3-4,6,8H,5,11H2,1-2H3,(H,14,15). The van der Waals surface area contributed by atoms with E-state index >= 15 is 0 Å². The van der Waals surface area contributed by atoms with E-state index in [9.17, 15) is 4.79 Å². The Morgan fingerprint density at radius 3 is 2.87 bits per heavy atom. The van der Waals surface area contributed by atoms with Crippen LogP contribution >= 0.6 is 0 Å². The van der Waals surface area contributed by atoms with Gasteiger partial charge in [-0.15, -0.1) is 0 Å². The van der Waals surface area contributed by atoms with Crippen LogP contribution in [0.5, 0.6) is 0 Å². The largest absolute Gasteiger partial charge is 0.480 e. The third-order valence-corrected chi connectivity index (χ3v) is 2.12. The third kappa shape index (κ3) is 2.92. The summed E-state index contributed by atoms with van der Waals surface area (Å²) in [4.78, 5) is 16.5. The lowest BCUT2D eigenvalue weighted by Gasteiger charge is -2.17. The van der Waals surface area contributed by atoms with Gasteiger partial charge in [0.1, 0.15) is 6.04 Å². The SMILES string of the molecule is CN(C)c1ccncc1CC(N)C(=O)O. The first-order valence-electron chi connectivity index (χ1n) is 4.61. The van der Waals surface area contributed by atoms with E-state index in [1.54, 1.807) is 12.4 Å². The van der Waals surface area contributed by atoms with Gasteiger partial charge >= 0.3 is 5.97 Å². The van der Waals surface area contributed by atoms with Crippen molar-refractivity contribution in [3.05, 3.63) is 24.0 Å². The van der Waals surface area contributed by atoms with Gasteiger partial charge in [0.05, 0.1) is 0 Å². The van der Waals surface area contributed by atoms with Gasteiger partial charge in [-0.25, -0.2) is 0 Å². The van der Waals surface area contributed by atoms with Gasteiger partial charge in [0, 0.05) is 38.6 Å². The van der Waals surface area contributed by atoms with Crippen LogP contribution < -0.4 is 10.6 Å². The van der Waals surface area contributed by atoms with Crippen molar-refractivity contribution < 1.29 is 9.90 Å². The lowest BCUT2D eigenvalue weighted by atomic mass is 10.1. The van der Waals surface area contributed by atoms with Gasteiger partial charge in [-0.1, -0.05) is 0 Å². The van der Waals surface area contributed by atoms with Crippen LogP contribution in [0.1, 0.15) is 5.56 Å². The summed E-state index contributed by atoms with van der Waals surface area (Å²) in [6.07, 6.45) is 3.61. The first-order valence-corrected chi connectivity index (χ1v) is 4.61. The monoisotopic (exact) mass is 209 g/mol. The molecule has 0 spiro atoms. The van der Waals surface area contributed by atoms with Gasteiger partial charge in [-0.2, -0.15) is 0 Å². The number of carboxylic acids is 1. The predicted molar refractivity (Wildman–Crippen MR) is 57.9 cm³/mol. The second-order valence-corrected chi connectivity index (χ2v) is 3.55. The van der Waals surface area contributed by atoms with E-state index in [1.807, 2.05) is 25.1 Å². The average Bonchev–Trinajstić information content (AvgIpc) is 2.18. The highest BCUT2D eigenvalue weighted by molar-refractivity contribution is 5.74. The molecule has 0 aromatic carbocycles. The highest BCUT2D eigenvalue weighted by atomic mass is 16.4. The summed E-state index contributed by atoms with van der Waals surface area (Å²) in [5, 5.41) is 8.71. The second-order valence-electron chi connectivity index (χ2n) is 3.55. The molecule has 0 radical (unpaired) electrons. The Bertz CT molecular complexity index is 352. The third-order valence-electron chi connectivity index (χ3n) is 2.12. The summed E-state index contributed by atoms with van der Waals surface area (Å²) in [6.45, 7) is 0. The zero-order chi connectivity index (χ0) is 11.4. The minimum atomic E-state index is -0.997. The number of nitrogens with zero attached hydrogens (tertiary/aromatic N) is 2. The quantitative estimate of drug-likeness (QED) is 0.735. The molecule has 1 atom stereocenters. The first-order chi connectivity index (χ1) is 7.02. The fourth-order valence-corrected chi connectivity index (χ4v) is 1.34. The van der Waals surface area contributed by atoms with E-state index in [0.29, 0.717) is 0 Å². The molecule has 0 aliphatic carbocycles. The smallest absolute Gasteiger partial charge is 0.320 e. The number of carbonyl (C=O) groups is 1. The van der Waals surface area contributed by atoms with Crippen molar-refractivity contribution in [1.29, 1.82) is 0 Å². The number of rotatable bonds is 4. The Morgan fingerprint density at radius 2 is 2.33 bits per heavy atom. The van der Waals surface area contributed by atoms with Crippen LogP contribution in [-0.2, 0) is 11.2 Å². The topological polar surface area (TPSA) is 79.5 Å². The highest BCUT2D eigenvalue weighted by Gasteiger charge is 2.15. The van der Waals surface area contributed by atoms with Crippen LogP contribution in [0.15, 0.2) is 18.5 Å². The van der Waals surface area contributed by atoms with Crippen molar-refractivity contribution in [3.63, 3.8) is 0 Å². The highest BCUT2D eigenvalue weighted by Crippen LogP contribution is 2.17. The van der Waals surface area contributed by atoms with Crippen molar-refractivity contribution in [1.82, 2.24) is 4.98 Å². The van der Waals surface area contributed by atoms with Crippen molar-refractivity contribution in [2.75, 3.05) is 19.0 Å². The van der Waals surface area contributed by atoms with Crippen molar-refractivity contribution in [2.45, 2.75) is 12.5 Å². The van der Waals surface area contributed by atoms with Crippen molar-refractivity contribution in [3.8, 4) is 0 Å². The summed E-state index contributed by atoms with van der Waals surface area (Å²) >= 11 is 0. The molecule has 0 fully saturated rings. The molecule has 0 saturated heterocycles. The van der Waals surface area contributed by atoms with Gasteiger partial charge in [0.15, 0.2) is 0 Å². The van der Waals surface area contributed by atoms with Gasteiger partial charge in [-0.3, -0.25) is 9.78 Å². The zero-order valence-corrected chi connectivity index (χ0v) is 8.84. The molecule has 0 saturated carbocycles. The molecule has 5 heteroatoms. The fourth-order valence-electron chi connectivity index (χ4n) is 1.34. The summed E-state index contributed by atoms with van der Waals surface area (Å²) < 4.78 is 0. The van der Waals surface area contributed by atoms with Gasteiger partial charge in [0.2, 0.25) is 0 Å². The van der Waals surface area contributed by atoms with E-state index in [2.05, 4.69) is 4.98 Å². The predicted octanol–water partition coefficient (Wildman–Crippen LogP) is 0.102. The van der Waals surface area contributed by atoms with Crippen molar-refractivity contribution in [2.24, 2.45) is 5.73 Å². The lowest BCUT2D eigenvalue weighted by molar-refractivity contribution is -0.138. The molecule has 0 amide bonds. The molecule has 0 aliphatic heterocycles. The Hall–Kier alpha value is -1.62. The Kier molecular flexibility index (Phi) is 3.62. The molecule has 15 heavy (non-hydrogen) atoms. The molecule has 82 valence electrons. The van der Waals surface area contributed by atoms with E-state index in [1.165, 1.54) is 0 Å². The van der Waals surface area contributed by atoms with Crippen LogP contribution in [-0.4, -0.2) is 36.2 Å². The molecule has 1 unspecified atom stereocenters. The zero-order valence-electron chi connectivity index (χ0n) is 8.84.